The van der Waals surface area contributed by atoms with Crippen LogP contribution in [0.25, 0.3) is 11.3 Å². The van der Waals surface area contributed by atoms with Crippen molar-refractivity contribution in [1.29, 1.82) is 0 Å². The third kappa shape index (κ3) is 4.67. The monoisotopic (exact) mass is 408 g/mol. The number of aryl methyl sites for hydroxylation is 1. The van der Waals surface area contributed by atoms with Crippen molar-refractivity contribution in [3.05, 3.63) is 71.0 Å². The van der Waals surface area contributed by atoms with Gasteiger partial charge < -0.3 is 19.0 Å². The van der Waals surface area contributed by atoms with Gasteiger partial charge in [0, 0.05) is 17.2 Å². The van der Waals surface area contributed by atoms with Gasteiger partial charge in [0.05, 0.1) is 26.0 Å². The normalized spacial score (nSPS) is 10.8. The van der Waals surface area contributed by atoms with Crippen LogP contribution in [0.3, 0.4) is 0 Å². The first-order valence-corrected chi connectivity index (χ1v) is 8.92. The van der Waals surface area contributed by atoms with Gasteiger partial charge in [0.25, 0.3) is 5.91 Å². The van der Waals surface area contributed by atoms with E-state index in [2.05, 4.69) is 10.5 Å². The molecule has 2 N–H and O–H groups in total. The Hall–Kier alpha value is -4.07. The standard InChI is InChI=1S/C22H20N2O6/c1-13-8-14(22(26)27)4-6-19(13)20-7-5-16(30-20)12-23-24-21(25)15-9-17(28-2)11-18(10-15)29-3/h4-12H,1-3H3,(H,24,25)(H,26,27). The van der Waals surface area contributed by atoms with Crippen molar-refractivity contribution in [2.24, 2.45) is 5.10 Å². The Kier molecular flexibility index (Phi) is 6.17. The van der Waals surface area contributed by atoms with Crippen molar-refractivity contribution in [1.82, 2.24) is 5.43 Å². The van der Waals surface area contributed by atoms with E-state index in [1.165, 1.54) is 26.5 Å². The summed E-state index contributed by atoms with van der Waals surface area (Å²) in [4.78, 5) is 23.4. The highest BCUT2D eigenvalue weighted by molar-refractivity contribution is 5.95. The second kappa shape index (κ2) is 8.95. The number of methoxy groups -OCH3 is 2. The van der Waals surface area contributed by atoms with E-state index in [1.807, 2.05) is 0 Å². The number of carboxylic acid groups (broad SMARTS) is 1. The Bertz CT molecular complexity index is 1090. The summed E-state index contributed by atoms with van der Waals surface area (Å²) in [6.45, 7) is 1.81. The summed E-state index contributed by atoms with van der Waals surface area (Å²) >= 11 is 0. The molecule has 2 aromatic carbocycles. The molecule has 8 nitrogen and oxygen atoms in total. The molecule has 0 saturated carbocycles. The molecular weight excluding hydrogens is 388 g/mol. The topological polar surface area (TPSA) is 110 Å². The number of ether oxygens (including phenoxy) is 2. The number of amides is 1. The van der Waals surface area contributed by atoms with Gasteiger partial charge >= 0.3 is 5.97 Å². The zero-order valence-electron chi connectivity index (χ0n) is 16.6. The zero-order valence-corrected chi connectivity index (χ0v) is 16.6. The number of carbonyl (C=O) groups is 2. The zero-order chi connectivity index (χ0) is 21.7. The molecular formula is C22H20N2O6. The number of hydrogen-bond acceptors (Lipinski definition) is 6. The predicted octanol–water partition coefficient (Wildman–Crippen LogP) is 3.73. The van der Waals surface area contributed by atoms with Crippen LogP contribution >= 0.6 is 0 Å². The van der Waals surface area contributed by atoms with E-state index in [4.69, 9.17) is 19.0 Å². The molecule has 1 heterocycles. The van der Waals surface area contributed by atoms with Gasteiger partial charge in [-0.15, -0.1) is 0 Å². The van der Waals surface area contributed by atoms with Crippen LogP contribution in [0, 0.1) is 6.92 Å². The quantitative estimate of drug-likeness (QED) is 0.455. The highest BCUT2D eigenvalue weighted by Crippen LogP contribution is 2.26. The fraction of sp³-hybridized carbons (Fsp3) is 0.136. The van der Waals surface area contributed by atoms with Crippen molar-refractivity contribution in [2.75, 3.05) is 14.2 Å². The molecule has 1 amide bonds. The van der Waals surface area contributed by atoms with Crippen LogP contribution in [0.5, 0.6) is 11.5 Å². The minimum atomic E-state index is -0.985. The minimum Gasteiger partial charge on any atom is -0.497 e. The molecule has 1 aromatic heterocycles. The average Bonchev–Trinajstić information content (AvgIpc) is 3.21. The first kappa shape index (κ1) is 20.7. The van der Waals surface area contributed by atoms with Crippen LogP contribution in [0.1, 0.15) is 32.0 Å². The molecule has 0 bridgehead atoms. The lowest BCUT2D eigenvalue weighted by atomic mass is 10.0. The van der Waals surface area contributed by atoms with Gasteiger partial charge in [-0.05, 0) is 48.9 Å². The van der Waals surface area contributed by atoms with Crippen LogP contribution in [-0.4, -0.2) is 37.4 Å². The number of furan rings is 1. The molecule has 3 aromatic rings. The molecule has 0 unspecified atom stereocenters. The number of carboxylic acids is 1. The fourth-order valence-electron chi connectivity index (χ4n) is 2.80. The Morgan fingerprint density at radius 2 is 1.70 bits per heavy atom. The van der Waals surface area contributed by atoms with E-state index in [1.54, 1.807) is 49.4 Å². The molecule has 0 aliphatic rings. The Balaban J connectivity index is 1.71. The summed E-state index contributed by atoms with van der Waals surface area (Å²) in [6.07, 6.45) is 1.37. The van der Waals surface area contributed by atoms with Gasteiger partial charge in [0.1, 0.15) is 23.0 Å². The van der Waals surface area contributed by atoms with Gasteiger partial charge in [-0.3, -0.25) is 4.79 Å². The predicted molar refractivity (Wildman–Crippen MR) is 110 cm³/mol. The van der Waals surface area contributed by atoms with Gasteiger partial charge in [0.2, 0.25) is 0 Å². The summed E-state index contributed by atoms with van der Waals surface area (Å²) < 4.78 is 16.0. The Morgan fingerprint density at radius 3 is 2.30 bits per heavy atom. The molecule has 154 valence electrons. The maximum atomic E-state index is 12.3. The van der Waals surface area contributed by atoms with Gasteiger partial charge in [-0.2, -0.15) is 5.10 Å². The summed E-state index contributed by atoms with van der Waals surface area (Å²) in [6, 6.07) is 13.0. The van der Waals surface area contributed by atoms with E-state index in [0.29, 0.717) is 28.6 Å². The lowest BCUT2D eigenvalue weighted by molar-refractivity contribution is 0.0696. The van der Waals surface area contributed by atoms with E-state index in [0.717, 1.165) is 11.1 Å². The minimum absolute atomic E-state index is 0.210. The van der Waals surface area contributed by atoms with Gasteiger partial charge in [-0.1, -0.05) is 6.07 Å². The fourth-order valence-corrected chi connectivity index (χ4v) is 2.80. The maximum Gasteiger partial charge on any atom is 0.335 e. The molecule has 0 saturated heterocycles. The Morgan fingerprint density at radius 1 is 1.00 bits per heavy atom. The third-order valence-electron chi connectivity index (χ3n) is 4.34. The summed E-state index contributed by atoms with van der Waals surface area (Å²) in [7, 11) is 3.00. The largest absolute Gasteiger partial charge is 0.497 e. The van der Waals surface area contributed by atoms with Crippen molar-refractivity contribution in [3.63, 3.8) is 0 Å². The number of nitrogens with zero attached hydrogens (tertiary/aromatic N) is 1. The molecule has 0 radical (unpaired) electrons. The van der Waals surface area contributed by atoms with Crippen LogP contribution in [0.4, 0.5) is 0 Å². The Labute approximate surface area is 172 Å². The first-order chi connectivity index (χ1) is 14.4. The SMILES string of the molecule is COc1cc(OC)cc(C(=O)NN=Cc2ccc(-c3ccc(C(=O)O)cc3C)o2)c1. The first-order valence-electron chi connectivity index (χ1n) is 8.92. The van der Waals surface area contributed by atoms with Crippen molar-refractivity contribution >= 4 is 18.1 Å². The van der Waals surface area contributed by atoms with Crippen LogP contribution < -0.4 is 14.9 Å². The lowest BCUT2D eigenvalue weighted by Gasteiger charge is -2.07. The van der Waals surface area contributed by atoms with Crippen molar-refractivity contribution in [3.8, 4) is 22.8 Å². The average molecular weight is 408 g/mol. The summed E-state index contributed by atoms with van der Waals surface area (Å²) in [5, 5.41) is 13.0. The smallest absolute Gasteiger partial charge is 0.335 e. The van der Waals surface area contributed by atoms with E-state index in [9.17, 15) is 9.59 Å². The molecule has 8 heteroatoms. The van der Waals surface area contributed by atoms with Crippen LogP contribution in [0.2, 0.25) is 0 Å². The van der Waals surface area contributed by atoms with Crippen molar-refractivity contribution < 1.29 is 28.6 Å². The number of aromatic carboxylic acids is 1. The number of hydrogen-bond donors (Lipinski definition) is 2. The number of hydrazone groups is 1. The number of nitrogens with one attached hydrogen (secondary N) is 1. The molecule has 0 aliphatic heterocycles. The number of rotatable bonds is 7. The number of carbonyl (C=O) groups excluding carboxylic acids is 1. The van der Waals surface area contributed by atoms with Crippen LogP contribution in [-0.2, 0) is 0 Å². The molecule has 0 atom stereocenters. The number of benzene rings is 2. The maximum absolute atomic E-state index is 12.3. The van der Waals surface area contributed by atoms with Crippen molar-refractivity contribution in [2.45, 2.75) is 6.92 Å². The van der Waals surface area contributed by atoms with E-state index in [-0.39, 0.29) is 5.56 Å². The van der Waals surface area contributed by atoms with Crippen LogP contribution in [0.15, 0.2) is 58.0 Å². The van der Waals surface area contributed by atoms with E-state index < -0.39 is 11.9 Å². The van der Waals surface area contributed by atoms with Gasteiger partial charge in [0.15, 0.2) is 0 Å². The second-order valence-electron chi connectivity index (χ2n) is 6.34. The molecule has 0 spiro atoms. The summed E-state index contributed by atoms with van der Waals surface area (Å²) in [5.74, 6) is 0.550. The lowest BCUT2D eigenvalue weighted by Crippen LogP contribution is -2.17. The molecule has 30 heavy (non-hydrogen) atoms. The highest BCUT2D eigenvalue weighted by atomic mass is 16.5. The third-order valence-corrected chi connectivity index (χ3v) is 4.34. The van der Waals surface area contributed by atoms with Gasteiger partial charge in [-0.25, -0.2) is 10.2 Å². The van der Waals surface area contributed by atoms with E-state index >= 15 is 0 Å². The second-order valence-corrected chi connectivity index (χ2v) is 6.34. The summed E-state index contributed by atoms with van der Waals surface area (Å²) in [5.41, 5.74) is 4.51. The molecule has 0 aliphatic carbocycles. The highest BCUT2D eigenvalue weighted by Gasteiger charge is 2.11. The molecule has 0 fully saturated rings. The molecule has 3 rings (SSSR count).